The molecule has 0 bridgehead atoms. The van der Waals surface area contributed by atoms with E-state index in [2.05, 4.69) is 6.92 Å². The number of nitrogens with zero attached hydrogens (tertiary/aromatic N) is 1. The Morgan fingerprint density at radius 3 is 2.60 bits per heavy atom. The van der Waals surface area contributed by atoms with E-state index in [9.17, 15) is 39.3 Å². The number of rotatable bonds is 7. The van der Waals surface area contributed by atoms with Gasteiger partial charge in [-0.05, 0) is 68.9 Å². The molecule has 0 aromatic rings. The molecule has 0 aromatic carbocycles. The number of ketones is 2. The maximum absolute atomic E-state index is 13.4. The number of esters is 1. The van der Waals surface area contributed by atoms with E-state index in [-0.39, 0.29) is 49.2 Å². The lowest BCUT2D eigenvalue weighted by Gasteiger charge is -2.59. The predicted molar refractivity (Wildman–Crippen MR) is 141 cm³/mol. The van der Waals surface area contributed by atoms with E-state index in [1.165, 1.54) is 4.90 Å². The number of fused-ring (bicyclic) bond motifs is 5. The standard InChI is InChI=1S/C30H39NO9/c1-28-11-9-18(32)14-17(28)5-6-19-20-10-12-30(39,29(20,2)15-22(33)26(19)28)23(34)16-40-25(36)8-7-24(35)31-13-3-4-21(31)27(37)38/h9,11,14,19-22,26,33,39H,3-8,10,12-13,15-16H2,1-2H3,(H,37,38)/t19-,20-,21?,22-,26+,28-,29-,30-/m0/s1. The van der Waals surface area contributed by atoms with E-state index in [0.29, 0.717) is 25.8 Å². The van der Waals surface area contributed by atoms with Crippen molar-refractivity contribution in [3.63, 3.8) is 0 Å². The van der Waals surface area contributed by atoms with Crippen LogP contribution in [0.2, 0.25) is 0 Å². The number of ether oxygens (including phenoxy) is 1. The van der Waals surface area contributed by atoms with E-state index >= 15 is 0 Å². The highest BCUT2D eigenvalue weighted by atomic mass is 16.5. The van der Waals surface area contributed by atoms with E-state index in [1.54, 1.807) is 12.2 Å². The van der Waals surface area contributed by atoms with Crippen LogP contribution in [-0.4, -0.2) is 80.5 Å². The largest absolute Gasteiger partial charge is 0.480 e. The summed E-state index contributed by atoms with van der Waals surface area (Å²) in [7, 11) is 0. The molecule has 0 spiro atoms. The summed E-state index contributed by atoms with van der Waals surface area (Å²) in [5, 5.41) is 32.5. The van der Waals surface area contributed by atoms with Crippen LogP contribution in [0.1, 0.15) is 71.6 Å². The number of hydrogen-bond acceptors (Lipinski definition) is 8. The molecule has 1 unspecified atom stereocenters. The maximum atomic E-state index is 13.4. The summed E-state index contributed by atoms with van der Waals surface area (Å²) in [5.74, 6) is -3.02. The molecule has 4 fully saturated rings. The lowest BCUT2D eigenvalue weighted by molar-refractivity contribution is -0.181. The van der Waals surface area contributed by atoms with Crippen LogP contribution in [-0.2, 0) is 28.7 Å². The normalized spacial score (nSPS) is 40.1. The summed E-state index contributed by atoms with van der Waals surface area (Å²) in [5.41, 5.74) is -2.09. The third-order valence-corrected chi connectivity index (χ3v) is 10.9. The van der Waals surface area contributed by atoms with Gasteiger partial charge in [0.25, 0.3) is 0 Å². The van der Waals surface area contributed by atoms with Crippen molar-refractivity contribution in [3.05, 3.63) is 23.8 Å². The molecule has 5 rings (SSSR count). The van der Waals surface area contributed by atoms with Gasteiger partial charge in [-0.1, -0.05) is 25.5 Å². The van der Waals surface area contributed by atoms with Crippen molar-refractivity contribution in [1.29, 1.82) is 0 Å². The fourth-order valence-corrected chi connectivity index (χ4v) is 8.80. The first-order valence-electron chi connectivity index (χ1n) is 14.4. The minimum Gasteiger partial charge on any atom is -0.480 e. The number of amides is 1. The molecule has 1 heterocycles. The van der Waals surface area contributed by atoms with Gasteiger partial charge in [-0.3, -0.25) is 19.2 Å². The van der Waals surface area contributed by atoms with Gasteiger partial charge in [-0.2, -0.15) is 0 Å². The molecule has 1 aliphatic heterocycles. The zero-order chi connectivity index (χ0) is 29.0. The zero-order valence-electron chi connectivity index (χ0n) is 23.1. The van der Waals surface area contributed by atoms with Crippen LogP contribution in [0.25, 0.3) is 0 Å². The Kier molecular flexibility index (Phi) is 7.32. The highest BCUT2D eigenvalue weighted by Gasteiger charge is 2.68. The summed E-state index contributed by atoms with van der Waals surface area (Å²) >= 11 is 0. The Balaban J connectivity index is 1.22. The monoisotopic (exact) mass is 557 g/mol. The van der Waals surface area contributed by atoms with Crippen molar-refractivity contribution >= 4 is 29.4 Å². The van der Waals surface area contributed by atoms with Crippen LogP contribution in [0, 0.1) is 28.6 Å². The van der Waals surface area contributed by atoms with Crippen molar-refractivity contribution in [2.45, 2.75) is 89.4 Å². The number of aliphatic carboxylic acids is 1. The van der Waals surface area contributed by atoms with Crippen molar-refractivity contribution in [1.82, 2.24) is 4.90 Å². The second-order valence-electron chi connectivity index (χ2n) is 12.8. The van der Waals surface area contributed by atoms with E-state index in [1.807, 2.05) is 13.0 Å². The number of allylic oxidation sites excluding steroid dienone is 4. The first-order valence-corrected chi connectivity index (χ1v) is 14.4. The van der Waals surface area contributed by atoms with Crippen LogP contribution in [0.4, 0.5) is 0 Å². The lowest BCUT2D eigenvalue weighted by Crippen LogP contribution is -2.61. The molecule has 4 aliphatic carbocycles. The minimum atomic E-state index is -1.76. The molecule has 218 valence electrons. The van der Waals surface area contributed by atoms with Crippen molar-refractivity contribution in [2.24, 2.45) is 28.6 Å². The number of aliphatic hydroxyl groups is 2. The van der Waals surface area contributed by atoms with Crippen LogP contribution < -0.4 is 0 Å². The molecule has 1 amide bonds. The van der Waals surface area contributed by atoms with Crippen molar-refractivity contribution in [3.8, 4) is 0 Å². The molecule has 1 saturated heterocycles. The van der Waals surface area contributed by atoms with Gasteiger partial charge in [0.05, 0.1) is 12.5 Å². The molecule has 5 aliphatic rings. The molecule has 0 aromatic heterocycles. The second-order valence-corrected chi connectivity index (χ2v) is 12.8. The predicted octanol–water partition coefficient (Wildman–Crippen LogP) is 1.96. The summed E-state index contributed by atoms with van der Waals surface area (Å²) < 4.78 is 5.18. The molecule has 10 nitrogen and oxygen atoms in total. The smallest absolute Gasteiger partial charge is 0.326 e. The van der Waals surface area contributed by atoms with Gasteiger partial charge in [0.2, 0.25) is 11.7 Å². The summed E-state index contributed by atoms with van der Waals surface area (Å²) in [6.07, 6.45) is 7.34. The van der Waals surface area contributed by atoms with Crippen molar-refractivity contribution in [2.75, 3.05) is 13.2 Å². The van der Waals surface area contributed by atoms with Crippen LogP contribution >= 0.6 is 0 Å². The van der Waals surface area contributed by atoms with Gasteiger partial charge >= 0.3 is 11.9 Å². The van der Waals surface area contributed by atoms with Gasteiger partial charge in [0, 0.05) is 29.7 Å². The maximum Gasteiger partial charge on any atom is 0.326 e. The molecule has 8 atom stereocenters. The number of carboxylic acid groups (broad SMARTS) is 1. The Bertz CT molecular complexity index is 1190. The van der Waals surface area contributed by atoms with Crippen LogP contribution in [0.5, 0.6) is 0 Å². The molecule has 10 heteroatoms. The third kappa shape index (κ3) is 4.43. The zero-order valence-corrected chi connectivity index (χ0v) is 23.1. The van der Waals surface area contributed by atoms with E-state index < -0.39 is 58.8 Å². The number of hydrogen-bond donors (Lipinski definition) is 3. The number of carboxylic acids is 1. The highest BCUT2D eigenvalue weighted by Crippen LogP contribution is 2.67. The van der Waals surface area contributed by atoms with Crippen LogP contribution in [0.15, 0.2) is 23.8 Å². The summed E-state index contributed by atoms with van der Waals surface area (Å²) in [6.45, 7) is 3.61. The first-order chi connectivity index (χ1) is 18.8. The average molecular weight is 558 g/mol. The molecular weight excluding hydrogens is 518 g/mol. The van der Waals surface area contributed by atoms with E-state index in [0.717, 1.165) is 18.4 Å². The lowest BCUT2D eigenvalue weighted by atomic mass is 9.46. The molecule has 3 N–H and O–H groups in total. The molecule has 3 saturated carbocycles. The number of carbonyl (C=O) groups excluding carboxylic acids is 4. The summed E-state index contributed by atoms with van der Waals surface area (Å²) in [4.78, 5) is 62.8. The first kappa shape index (κ1) is 28.7. The number of likely N-dealkylation sites (tertiary alicyclic amines) is 1. The van der Waals surface area contributed by atoms with Crippen LogP contribution in [0.3, 0.4) is 0 Å². The fourth-order valence-electron chi connectivity index (χ4n) is 8.80. The fraction of sp³-hybridized carbons (Fsp3) is 0.700. The van der Waals surface area contributed by atoms with Gasteiger partial charge in [-0.25, -0.2) is 4.79 Å². The number of carbonyl (C=O) groups is 5. The Morgan fingerprint density at radius 1 is 1.12 bits per heavy atom. The molecular formula is C30H39NO9. The second kappa shape index (κ2) is 10.2. The minimum absolute atomic E-state index is 0.0183. The van der Waals surface area contributed by atoms with E-state index in [4.69, 9.17) is 4.74 Å². The van der Waals surface area contributed by atoms with Gasteiger partial charge in [0.15, 0.2) is 12.4 Å². The Morgan fingerprint density at radius 2 is 1.88 bits per heavy atom. The highest BCUT2D eigenvalue weighted by molar-refractivity contribution is 6.01. The van der Waals surface area contributed by atoms with Gasteiger partial charge < -0.3 is 25.0 Å². The average Bonchev–Trinajstić information content (AvgIpc) is 3.50. The van der Waals surface area contributed by atoms with Gasteiger partial charge in [0.1, 0.15) is 11.6 Å². The molecule has 40 heavy (non-hydrogen) atoms. The van der Waals surface area contributed by atoms with Crippen molar-refractivity contribution < 1.29 is 44.0 Å². The number of Topliss-reactive ketones (excluding diaryl/α,β-unsaturated/α-hetero) is 1. The third-order valence-electron chi connectivity index (χ3n) is 10.9. The SMILES string of the molecule is C[C@]12C=CC(=O)C=C1CC[C@@H]1[C@@H]2[C@@H](O)C[C@@]2(C)[C@H]1CC[C@]2(O)C(=O)COC(=O)CCC(=O)N1CCCC1C(=O)O. The number of aliphatic hydroxyl groups excluding tert-OH is 1. The quantitative estimate of drug-likeness (QED) is 0.398. The Labute approximate surface area is 233 Å². The topological polar surface area (TPSA) is 159 Å². The Hall–Kier alpha value is -2.85. The summed E-state index contributed by atoms with van der Waals surface area (Å²) in [6, 6.07) is -0.883. The molecule has 0 radical (unpaired) electrons. The van der Waals surface area contributed by atoms with Gasteiger partial charge in [-0.15, -0.1) is 0 Å².